The van der Waals surface area contributed by atoms with Crippen LogP contribution in [0.15, 0.2) is 36.4 Å². The first-order valence-electron chi connectivity index (χ1n) is 10.2. The first-order chi connectivity index (χ1) is 15.1. The lowest BCUT2D eigenvalue weighted by molar-refractivity contribution is -0.138. The van der Waals surface area contributed by atoms with E-state index in [0.29, 0.717) is 20.6 Å². The van der Waals surface area contributed by atoms with E-state index < -0.39 is 11.9 Å². The molecule has 0 fully saturated rings. The fraction of sp³-hybridized carbons (Fsp3) is 0.391. The highest BCUT2D eigenvalue weighted by Gasteiger charge is 2.27. The lowest BCUT2D eigenvalue weighted by Gasteiger charge is -2.29. The van der Waals surface area contributed by atoms with Crippen LogP contribution in [-0.4, -0.2) is 34.6 Å². The van der Waals surface area contributed by atoms with E-state index in [4.69, 9.17) is 34.8 Å². The Balaban J connectivity index is 2.15. The molecule has 0 aliphatic carbocycles. The van der Waals surface area contributed by atoms with E-state index in [1.165, 1.54) is 28.8 Å². The molecule has 0 aromatic heterocycles. The molecular weight excluding hydrogens is 494 g/mol. The molecule has 32 heavy (non-hydrogen) atoms. The highest BCUT2D eigenvalue weighted by molar-refractivity contribution is 7.99. The molecule has 0 saturated carbocycles. The normalized spacial score (nSPS) is 12.8. The van der Waals surface area contributed by atoms with Gasteiger partial charge < -0.3 is 10.2 Å². The van der Waals surface area contributed by atoms with Crippen LogP contribution in [-0.2, 0) is 21.9 Å². The maximum Gasteiger partial charge on any atom is 0.242 e. The van der Waals surface area contributed by atoms with Gasteiger partial charge in [0.15, 0.2) is 0 Å². The van der Waals surface area contributed by atoms with Crippen LogP contribution in [0.5, 0.6) is 0 Å². The Morgan fingerprint density at radius 3 is 2.44 bits per heavy atom. The predicted octanol–water partition coefficient (Wildman–Crippen LogP) is 6.35. The first-order valence-corrected chi connectivity index (χ1v) is 12.5. The summed E-state index contributed by atoms with van der Waals surface area (Å²) >= 11 is 19.4. The second kappa shape index (κ2) is 12.7. The van der Waals surface area contributed by atoms with Crippen molar-refractivity contribution < 1.29 is 14.0 Å². The van der Waals surface area contributed by atoms with Crippen LogP contribution in [0.4, 0.5) is 4.39 Å². The molecule has 1 N–H and O–H groups in total. The van der Waals surface area contributed by atoms with Crippen molar-refractivity contribution in [3.8, 4) is 0 Å². The average Bonchev–Trinajstić information content (AvgIpc) is 2.75. The van der Waals surface area contributed by atoms with Crippen molar-refractivity contribution in [3.05, 3.63) is 68.4 Å². The number of hydrogen-bond donors (Lipinski definition) is 1. The number of rotatable bonds is 10. The summed E-state index contributed by atoms with van der Waals surface area (Å²) in [5, 5.41) is 4.01. The second-order valence-corrected chi connectivity index (χ2v) is 9.66. The Morgan fingerprint density at radius 1 is 1.09 bits per heavy atom. The Kier molecular flexibility index (Phi) is 10.6. The number of hydrogen-bond acceptors (Lipinski definition) is 3. The summed E-state index contributed by atoms with van der Waals surface area (Å²) in [7, 11) is 0. The van der Waals surface area contributed by atoms with Crippen molar-refractivity contribution in [2.45, 2.75) is 51.6 Å². The smallest absolute Gasteiger partial charge is 0.242 e. The molecule has 0 radical (unpaired) electrons. The number of thioether (sulfide) groups is 1. The summed E-state index contributed by atoms with van der Waals surface area (Å²) in [6, 6.07) is 8.86. The minimum atomic E-state index is -0.705. The molecule has 2 rings (SSSR count). The van der Waals surface area contributed by atoms with Gasteiger partial charge in [0.05, 0.1) is 15.8 Å². The van der Waals surface area contributed by atoms with Gasteiger partial charge in [-0.05, 0) is 50.1 Å². The minimum absolute atomic E-state index is 0.00977. The molecule has 9 heteroatoms. The molecule has 0 spiro atoms. The molecule has 2 aromatic carbocycles. The predicted molar refractivity (Wildman–Crippen MR) is 132 cm³/mol. The van der Waals surface area contributed by atoms with Crippen LogP contribution in [0.1, 0.15) is 38.3 Å². The third-order valence-electron chi connectivity index (χ3n) is 5.04. The molecule has 2 amide bonds. The molecule has 174 valence electrons. The summed E-state index contributed by atoms with van der Waals surface area (Å²) in [6.07, 6.45) is 0.776. The number of nitrogens with zero attached hydrogens (tertiary/aromatic N) is 1. The van der Waals surface area contributed by atoms with E-state index in [1.807, 2.05) is 13.8 Å². The zero-order chi connectivity index (χ0) is 23.8. The number of amides is 2. The Labute approximate surface area is 207 Å². The molecule has 2 aromatic rings. The van der Waals surface area contributed by atoms with E-state index >= 15 is 0 Å². The van der Waals surface area contributed by atoms with Gasteiger partial charge >= 0.3 is 0 Å². The SMILES string of the molecule is CC[C@@H](C)NC(=O)[C@H](C)N(Cc1ccc(Cl)c(Cl)c1)C(=O)CSCc1c(F)cccc1Cl. The number of carbonyl (C=O) groups is 2. The highest BCUT2D eigenvalue weighted by atomic mass is 35.5. The van der Waals surface area contributed by atoms with Gasteiger partial charge in [-0.25, -0.2) is 4.39 Å². The number of halogens is 4. The van der Waals surface area contributed by atoms with Crippen molar-refractivity contribution in [2.75, 3.05) is 5.75 Å². The lowest BCUT2D eigenvalue weighted by Crippen LogP contribution is -2.50. The molecular formula is C23H26Cl3FN2O2S. The number of benzene rings is 2. The summed E-state index contributed by atoms with van der Waals surface area (Å²) in [5.74, 6) is -0.597. The highest BCUT2D eigenvalue weighted by Crippen LogP contribution is 2.26. The van der Waals surface area contributed by atoms with Gasteiger partial charge in [0.25, 0.3) is 0 Å². The van der Waals surface area contributed by atoms with Gasteiger partial charge in [-0.15, -0.1) is 11.8 Å². The summed E-state index contributed by atoms with van der Waals surface area (Å²) < 4.78 is 14.0. The van der Waals surface area contributed by atoms with Gasteiger partial charge in [0, 0.05) is 28.9 Å². The van der Waals surface area contributed by atoms with Gasteiger partial charge in [-0.3, -0.25) is 9.59 Å². The maximum absolute atomic E-state index is 14.0. The maximum atomic E-state index is 14.0. The number of nitrogens with one attached hydrogen (secondary N) is 1. The molecule has 0 saturated heterocycles. The standard InChI is InChI=1S/C23H26Cl3FN2O2S/c1-4-14(2)28-23(31)15(3)29(11-16-8-9-19(25)20(26)10-16)22(30)13-32-12-17-18(24)6-5-7-21(17)27/h5-10,14-15H,4,11-13H2,1-3H3,(H,28,31)/t14-,15+/m1/s1. The fourth-order valence-electron chi connectivity index (χ4n) is 2.88. The zero-order valence-corrected chi connectivity index (χ0v) is 21.2. The summed E-state index contributed by atoms with van der Waals surface area (Å²) in [6.45, 7) is 5.75. The van der Waals surface area contributed by atoms with Crippen molar-refractivity contribution in [3.63, 3.8) is 0 Å². The lowest BCUT2D eigenvalue weighted by atomic mass is 10.1. The van der Waals surface area contributed by atoms with Crippen LogP contribution in [0.25, 0.3) is 0 Å². The summed E-state index contributed by atoms with van der Waals surface area (Å²) in [4.78, 5) is 27.3. The Bertz CT molecular complexity index is 941. The molecule has 0 unspecified atom stereocenters. The first kappa shape index (κ1) is 26.8. The third kappa shape index (κ3) is 7.55. The van der Waals surface area contributed by atoms with Crippen LogP contribution >= 0.6 is 46.6 Å². The van der Waals surface area contributed by atoms with Crippen molar-refractivity contribution in [1.82, 2.24) is 10.2 Å². The Morgan fingerprint density at radius 2 is 1.81 bits per heavy atom. The molecule has 2 atom stereocenters. The average molecular weight is 520 g/mol. The van der Waals surface area contributed by atoms with Crippen LogP contribution in [0.2, 0.25) is 15.1 Å². The summed E-state index contributed by atoms with van der Waals surface area (Å²) in [5.41, 5.74) is 1.10. The molecule has 0 heterocycles. The van der Waals surface area contributed by atoms with E-state index in [0.717, 1.165) is 12.0 Å². The van der Waals surface area contributed by atoms with Gasteiger partial charge in [0.1, 0.15) is 11.9 Å². The van der Waals surface area contributed by atoms with Crippen molar-refractivity contribution in [1.29, 1.82) is 0 Å². The van der Waals surface area contributed by atoms with E-state index in [9.17, 15) is 14.0 Å². The van der Waals surface area contributed by atoms with Gasteiger partial charge in [0.2, 0.25) is 11.8 Å². The van der Waals surface area contributed by atoms with E-state index in [-0.39, 0.29) is 35.9 Å². The molecule has 0 bridgehead atoms. The minimum Gasteiger partial charge on any atom is -0.352 e. The second-order valence-electron chi connectivity index (χ2n) is 7.46. The third-order valence-corrected chi connectivity index (χ3v) is 7.08. The fourth-order valence-corrected chi connectivity index (χ4v) is 4.45. The van der Waals surface area contributed by atoms with Crippen LogP contribution in [0, 0.1) is 5.82 Å². The van der Waals surface area contributed by atoms with E-state index in [1.54, 1.807) is 31.2 Å². The Hall–Kier alpha value is -1.47. The van der Waals surface area contributed by atoms with Crippen LogP contribution in [0.3, 0.4) is 0 Å². The van der Waals surface area contributed by atoms with Crippen LogP contribution < -0.4 is 5.32 Å². The molecule has 4 nitrogen and oxygen atoms in total. The molecule has 0 aliphatic rings. The van der Waals surface area contributed by atoms with Gasteiger partial charge in [-0.2, -0.15) is 0 Å². The van der Waals surface area contributed by atoms with Crippen molar-refractivity contribution >= 4 is 58.4 Å². The quantitative estimate of drug-likeness (QED) is 0.398. The monoisotopic (exact) mass is 518 g/mol. The largest absolute Gasteiger partial charge is 0.352 e. The van der Waals surface area contributed by atoms with Gasteiger partial charge in [-0.1, -0.05) is 53.9 Å². The van der Waals surface area contributed by atoms with E-state index in [2.05, 4.69) is 5.32 Å². The number of carbonyl (C=O) groups excluding carboxylic acids is 2. The zero-order valence-electron chi connectivity index (χ0n) is 18.1. The molecule has 0 aliphatic heterocycles. The van der Waals surface area contributed by atoms with Crippen molar-refractivity contribution in [2.24, 2.45) is 0 Å². The topological polar surface area (TPSA) is 49.4 Å².